The fourth-order valence-corrected chi connectivity index (χ4v) is 2.76. The van der Waals surface area contributed by atoms with Crippen molar-refractivity contribution in [1.29, 1.82) is 0 Å². The standard InChI is InChI=1S/C17H24FNO5/c1-19(14-10-23-11-15(21-2)17(14)22-3)16(20)7-8-24-13-6-4-5-12(18)9-13/h4-6,9,14-15,17H,7-8,10-11H2,1-3H3/t14-,15-,17+/m1/s1. The van der Waals surface area contributed by atoms with Crippen molar-refractivity contribution in [3.8, 4) is 5.75 Å². The van der Waals surface area contributed by atoms with E-state index >= 15 is 0 Å². The minimum Gasteiger partial charge on any atom is -0.493 e. The number of carbonyl (C=O) groups excluding carboxylic acids is 1. The number of rotatable bonds is 7. The Balaban J connectivity index is 1.86. The normalized spacial score (nSPS) is 23.8. The van der Waals surface area contributed by atoms with Crippen molar-refractivity contribution in [2.45, 2.75) is 24.7 Å². The number of carbonyl (C=O) groups is 1. The second-order valence-electron chi connectivity index (χ2n) is 5.64. The third kappa shape index (κ3) is 4.66. The average molecular weight is 341 g/mol. The predicted octanol–water partition coefficient (Wildman–Crippen LogP) is 1.48. The Morgan fingerprint density at radius 2 is 2.12 bits per heavy atom. The molecule has 2 rings (SSSR count). The van der Waals surface area contributed by atoms with Crippen LogP contribution >= 0.6 is 0 Å². The van der Waals surface area contributed by atoms with Crippen LogP contribution in [0.4, 0.5) is 4.39 Å². The number of ether oxygens (including phenoxy) is 4. The van der Waals surface area contributed by atoms with Gasteiger partial charge in [0.05, 0.1) is 32.3 Å². The number of methoxy groups -OCH3 is 2. The molecule has 0 radical (unpaired) electrons. The minimum atomic E-state index is -0.371. The average Bonchev–Trinajstić information content (AvgIpc) is 2.60. The summed E-state index contributed by atoms with van der Waals surface area (Å²) in [5, 5.41) is 0. The zero-order valence-electron chi connectivity index (χ0n) is 14.2. The largest absolute Gasteiger partial charge is 0.493 e. The van der Waals surface area contributed by atoms with Gasteiger partial charge < -0.3 is 23.8 Å². The first-order chi connectivity index (χ1) is 11.6. The molecule has 6 nitrogen and oxygen atoms in total. The summed E-state index contributed by atoms with van der Waals surface area (Å²) in [6.45, 7) is 1.01. The number of likely N-dealkylation sites (N-methyl/N-ethyl adjacent to an activating group) is 1. The van der Waals surface area contributed by atoms with E-state index < -0.39 is 0 Å². The molecule has 134 valence electrons. The molecule has 0 saturated carbocycles. The van der Waals surface area contributed by atoms with Crippen LogP contribution in [0.5, 0.6) is 5.75 Å². The smallest absolute Gasteiger partial charge is 0.226 e. The molecular formula is C17H24FNO5. The van der Waals surface area contributed by atoms with E-state index in [1.54, 1.807) is 38.3 Å². The van der Waals surface area contributed by atoms with Crippen molar-refractivity contribution in [3.05, 3.63) is 30.1 Å². The summed E-state index contributed by atoms with van der Waals surface area (Å²) in [7, 11) is 4.90. The quantitative estimate of drug-likeness (QED) is 0.752. The van der Waals surface area contributed by atoms with E-state index in [1.165, 1.54) is 12.1 Å². The Morgan fingerprint density at radius 3 is 2.79 bits per heavy atom. The maximum Gasteiger partial charge on any atom is 0.226 e. The Morgan fingerprint density at radius 1 is 1.33 bits per heavy atom. The van der Waals surface area contributed by atoms with Crippen LogP contribution in [-0.2, 0) is 19.0 Å². The van der Waals surface area contributed by atoms with Crippen molar-refractivity contribution in [1.82, 2.24) is 4.90 Å². The predicted molar refractivity (Wildman–Crippen MR) is 85.5 cm³/mol. The summed E-state index contributed by atoms with van der Waals surface area (Å²) in [4.78, 5) is 14.0. The van der Waals surface area contributed by atoms with Gasteiger partial charge in [0.2, 0.25) is 5.91 Å². The third-order valence-corrected chi connectivity index (χ3v) is 4.16. The molecule has 7 heteroatoms. The Kier molecular flexibility index (Phi) is 6.96. The summed E-state index contributed by atoms with van der Waals surface area (Å²) >= 11 is 0. The molecule has 1 heterocycles. The molecule has 1 aliphatic rings. The van der Waals surface area contributed by atoms with Gasteiger partial charge in [0.1, 0.15) is 23.8 Å². The van der Waals surface area contributed by atoms with Gasteiger partial charge in [-0.2, -0.15) is 0 Å². The van der Waals surface area contributed by atoms with Crippen LogP contribution in [0.2, 0.25) is 0 Å². The highest BCUT2D eigenvalue weighted by Gasteiger charge is 2.38. The molecule has 1 aromatic carbocycles. The van der Waals surface area contributed by atoms with Gasteiger partial charge in [0, 0.05) is 27.3 Å². The van der Waals surface area contributed by atoms with Crippen molar-refractivity contribution in [2.75, 3.05) is 41.1 Å². The van der Waals surface area contributed by atoms with Gasteiger partial charge in [-0.3, -0.25) is 4.79 Å². The first-order valence-corrected chi connectivity index (χ1v) is 7.84. The van der Waals surface area contributed by atoms with Crippen molar-refractivity contribution >= 4 is 5.91 Å². The zero-order chi connectivity index (χ0) is 17.5. The summed E-state index contributed by atoms with van der Waals surface area (Å²) in [5.74, 6) is -0.0664. The minimum absolute atomic E-state index is 0.0983. The lowest BCUT2D eigenvalue weighted by Gasteiger charge is -2.40. The molecule has 0 aliphatic carbocycles. The third-order valence-electron chi connectivity index (χ3n) is 4.16. The molecule has 1 fully saturated rings. The molecule has 0 unspecified atom stereocenters. The van der Waals surface area contributed by atoms with Crippen LogP contribution in [0.1, 0.15) is 6.42 Å². The molecule has 1 saturated heterocycles. The lowest BCUT2D eigenvalue weighted by Crippen LogP contribution is -2.57. The van der Waals surface area contributed by atoms with E-state index in [0.717, 1.165) is 0 Å². The van der Waals surface area contributed by atoms with Gasteiger partial charge in [-0.25, -0.2) is 4.39 Å². The molecule has 0 N–H and O–H groups in total. The highest BCUT2D eigenvalue weighted by atomic mass is 19.1. The second-order valence-corrected chi connectivity index (χ2v) is 5.64. The number of hydrogen-bond donors (Lipinski definition) is 0. The number of halogens is 1. The molecule has 0 aromatic heterocycles. The van der Waals surface area contributed by atoms with Crippen LogP contribution < -0.4 is 4.74 Å². The Labute approximate surface area is 141 Å². The second kappa shape index (κ2) is 8.96. The zero-order valence-corrected chi connectivity index (χ0v) is 14.2. The van der Waals surface area contributed by atoms with E-state index in [4.69, 9.17) is 18.9 Å². The summed E-state index contributed by atoms with van der Waals surface area (Å²) in [6, 6.07) is 5.61. The monoisotopic (exact) mass is 341 g/mol. The summed E-state index contributed by atoms with van der Waals surface area (Å²) in [5.41, 5.74) is 0. The van der Waals surface area contributed by atoms with Gasteiger partial charge in [0.25, 0.3) is 0 Å². The van der Waals surface area contributed by atoms with Gasteiger partial charge in [-0.05, 0) is 12.1 Å². The van der Waals surface area contributed by atoms with Gasteiger partial charge in [0.15, 0.2) is 0 Å². The summed E-state index contributed by atoms with van der Waals surface area (Å²) in [6.07, 6.45) is -0.285. The number of hydrogen-bond acceptors (Lipinski definition) is 5. The molecule has 24 heavy (non-hydrogen) atoms. The highest BCUT2D eigenvalue weighted by molar-refractivity contribution is 5.76. The van der Waals surface area contributed by atoms with Crippen LogP contribution in [0.3, 0.4) is 0 Å². The number of amides is 1. The number of benzene rings is 1. The van der Waals surface area contributed by atoms with E-state index in [1.807, 2.05) is 0 Å². The Bertz CT molecular complexity index is 541. The maximum absolute atomic E-state index is 13.1. The van der Waals surface area contributed by atoms with Crippen molar-refractivity contribution in [3.63, 3.8) is 0 Å². The number of nitrogens with zero attached hydrogens (tertiary/aromatic N) is 1. The van der Waals surface area contributed by atoms with E-state index in [9.17, 15) is 9.18 Å². The molecule has 1 aliphatic heterocycles. The molecule has 0 spiro atoms. The van der Waals surface area contributed by atoms with Gasteiger partial charge in [-0.15, -0.1) is 0 Å². The molecule has 1 aromatic rings. The first kappa shape index (κ1) is 18.6. The fourth-order valence-electron chi connectivity index (χ4n) is 2.76. The van der Waals surface area contributed by atoms with Gasteiger partial charge >= 0.3 is 0 Å². The lowest BCUT2D eigenvalue weighted by atomic mass is 10.0. The van der Waals surface area contributed by atoms with E-state index in [-0.39, 0.29) is 43.0 Å². The molecule has 3 atom stereocenters. The van der Waals surface area contributed by atoms with Crippen LogP contribution in [-0.4, -0.2) is 70.1 Å². The fraction of sp³-hybridized carbons (Fsp3) is 0.588. The van der Waals surface area contributed by atoms with Crippen LogP contribution in [0, 0.1) is 5.82 Å². The van der Waals surface area contributed by atoms with Gasteiger partial charge in [-0.1, -0.05) is 6.07 Å². The van der Waals surface area contributed by atoms with E-state index in [0.29, 0.717) is 19.0 Å². The van der Waals surface area contributed by atoms with Crippen LogP contribution in [0.25, 0.3) is 0 Å². The highest BCUT2D eigenvalue weighted by Crippen LogP contribution is 2.19. The molecular weight excluding hydrogens is 317 g/mol. The molecule has 1 amide bonds. The molecule has 0 bridgehead atoms. The van der Waals surface area contributed by atoms with Crippen molar-refractivity contribution < 1.29 is 28.1 Å². The lowest BCUT2D eigenvalue weighted by molar-refractivity contribution is -0.164. The van der Waals surface area contributed by atoms with Crippen molar-refractivity contribution in [2.24, 2.45) is 0 Å². The van der Waals surface area contributed by atoms with Crippen LogP contribution in [0.15, 0.2) is 24.3 Å². The maximum atomic E-state index is 13.1. The van der Waals surface area contributed by atoms with E-state index in [2.05, 4.69) is 0 Å². The SMILES string of the molecule is CO[C@H]1[C@H](N(C)C(=O)CCOc2cccc(F)c2)COC[C@H]1OC. The summed E-state index contributed by atoms with van der Waals surface area (Å²) < 4.78 is 34.9. The first-order valence-electron chi connectivity index (χ1n) is 7.84. The topological polar surface area (TPSA) is 57.2 Å². The Hall–Kier alpha value is -1.70.